The number of rotatable bonds is 1. The molecule has 1 saturated carbocycles. The molecule has 3 nitrogen and oxygen atoms in total. The number of allylic oxidation sites excluding steroid dienone is 1. The molecular formula is C13H20O3. The van der Waals surface area contributed by atoms with E-state index in [1.807, 2.05) is 27.7 Å². The molecule has 1 heterocycles. The van der Waals surface area contributed by atoms with Gasteiger partial charge in [-0.05, 0) is 40.0 Å². The first kappa shape index (κ1) is 11.8. The summed E-state index contributed by atoms with van der Waals surface area (Å²) in [6.45, 7) is 11.5. The number of carbonyl (C=O) groups is 1. The van der Waals surface area contributed by atoms with Crippen molar-refractivity contribution in [1.29, 1.82) is 0 Å². The first-order chi connectivity index (χ1) is 7.24. The van der Waals surface area contributed by atoms with Gasteiger partial charge in [0.05, 0.1) is 6.10 Å². The molecule has 0 N–H and O–H groups in total. The summed E-state index contributed by atoms with van der Waals surface area (Å²) in [6, 6.07) is 0. The molecular weight excluding hydrogens is 204 g/mol. The van der Waals surface area contributed by atoms with Crippen LogP contribution in [-0.4, -0.2) is 23.3 Å². The lowest BCUT2D eigenvalue weighted by molar-refractivity contribution is -0.169. The van der Waals surface area contributed by atoms with E-state index in [1.165, 1.54) is 0 Å². The van der Waals surface area contributed by atoms with Gasteiger partial charge >= 0.3 is 0 Å². The molecule has 3 heteroatoms. The molecule has 0 spiro atoms. The second kappa shape index (κ2) is 3.41. The number of fused-ring (bicyclic) bond motifs is 1. The minimum Gasteiger partial charge on any atom is -0.344 e. The zero-order valence-corrected chi connectivity index (χ0v) is 10.5. The van der Waals surface area contributed by atoms with Crippen LogP contribution in [0.4, 0.5) is 0 Å². The SMILES string of the molecule is C=C(C)[C@H]1CC(=O)[C@]2(C)OC(C)(C)O[C@@H]2C1. The lowest BCUT2D eigenvalue weighted by Gasteiger charge is -2.35. The number of hydrogen-bond donors (Lipinski definition) is 0. The van der Waals surface area contributed by atoms with Crippen LogP contribution in [0.3, 0.4) is 0 Å². The van der Waals surface area contributed by atoms with E-state index < -0.39 is 11.4 Å². The Bertz CT molecular complexity index is 345. The maximum absolute atomic E-state index is 12.2. The number of ketones is 1. The maximum atomic E-state index is 12.2. The largest absolute Gasteiger partial charge is 0.344 e. The number of hydrogen-bond acceptors (Lipinski definition) is 3. The van der Waals surface area contributed by atoms with Gasteiger partial charge in [-0.25, -0.2) is 0 Å². The van der Waals surface area contributed by atoms with Gasteiger partial charge in [-0.2, -0.15) is 0 Å². The topological polar surface area (TPSA) is 35.5 Å². The molecule has 2 aliphatic rings. The molecule has 2 fully saturated rings. The van der Waals surface area contributed by atoms with Crippen molar-refractivity contribution in [1.82, 2.24) is 0 Å². The lowest BCUT2D eigenvalue weighted by Crippen LogP contribution is -2.50. The van der Waals surface area contributed by atoms with Crippen molar-refractivity contribution >= 4 is 5.78 Å². The van der Waals surface area contributed by atoms with Crippen molar-refractivity contribution in [3.05, 3.63) is 12.2 Å². The molecule has 0 aromatic carbocycles. The number of ether oxygens (including phenoxy) is 2. The summed E-state index contributed by atoms with van der Waals surface area (Å²) >= 11 is 0. The Morgan fingerprint density at radius 2 is 2.06 bits per heavy atom. The van der Waals surface area contributed by atoms with E-state index in [2.05, 4.69) is 6.58 Å². The van der Waals surface area contributed by atoms with E-state index in [-0.39, 0.29) is 17.8 Å². The normalized spacial score (nSPS) is 41.9. The average Bonchev–Trinajstić information content (AvgIpc) is 2.35. The van der Waals surface area contributed by atoms with E-state index in [4.69, 9.17) is 9.47 Å². The highest BCUT2D eigenvalue weighted by molar-refractivity contribution is 5.89. The van der Waals surface area contributed by atoms with Gasteiger partial charge in [0.15, 0.2) is 17.2 Å². The molecule has 0 amide bonds. The van der Waals surface area contributed by atoms with Crippen LogP contribution in [0.25, 0.3) is 0 Å². The smallest absolute Gasteiger partial charge is 0.167 e. The summed E-state index contributed by atoms with van der Waals surface area (Å²) in [5, 5.41) is 0. The summed E-state index contributed by atoms with van der Waals surface area (Å²) in [7, 11) is 0. The van der Waals surface area contributed by atoms with Crippen LogP contribution in [-0.2, 0) is 14.3 Å². The molecule has 0 aromatic heterocycles. The fourth-order valence-corrected chi connectivity index (χ4v) is 2.71. The van der Waals surface area contributed by atoms with Crippen LogP contribution in [0.5, 0.6) is 0 Å². The Kier molecular flexibility index (Phi) is 2.52. The Labute approximate surface area is 96.8 Å². The molecule has 0 bridgehead atoms. The van der Waals surface area contributed by atoms with Gasteiger partial charge in [-0.1, -0.05) is 12.2 Å². The zero-order chi connectivity index (χ0) is 12.1. The zero-order valence-electron chi connectivity index (χ0n) is 10.5. The second-order valence-corrected chi connectivity index (χ2v) is 5.62. The van der Waals surface area contributed by atoms with Gasteiger partial charge in [0.25, 0.3) is 0 Å². The highest BCUT2D eigenvalue weighted by Gasteiger charge is 2.57. The molecule has 0 aromatic rings. The van der Waals surface area contributed by atoms with Crippen LogP contribution >= 0.6 is 0 Å². The van der Waals surface area contributed by atoms with Crippen molar-refractivity contribution < 1.29 is 14.3 Å². The minimum absolute atomic E-state index is 0.134. The molecule has 90 valence electrons. The van der Waals surface area contributed by atoms with Gasteiger partial charge in [0, 0.05) is 6.42 Å². The van der Waals surface area contributed by atoms with Crippen molar-refractivity contribution in [3.8, 4) is 0 Å². The summed E-state index contributed by atoms with van der Waals surface area (Å²) in [5.41, 5.74) is 0.304. The summed E-state index contributed by atoms with van der Waals surface area (Å²) in [4.78, 5) is 12.2. The lowest BCUT2D eigenvalue weighted by atomic mass is 9.74. The van der Waals surface area contributed by atoms with Gasteiger partial charge in [0.1, 0.15) is 0 Å². The van der Waals surface area contributed by atoms with Gasteiger partial charge in [-0.15, -0.1) is 0 Å². The third-order valence-electron chi connectivity index (χ3n) is 3.68. The van der Waals surface area contributed by atoms with Gasteiger partial charge in [0.2, 0.25) is 0 Å². The molecule has 3 atom stereocenters. The summed E-state index contributed by atoms with van der Waals surface area (Å²) in [6.07, 6.45) is 1.23. The van der Waals surface area contributed by atoms with Crippen molar-refractivity contribution in [2.45, 2.75) is 58.0 Å². The number of carbonyl (C=O) groups excluding carboxylic acids is 1. The molecule has 2 rings (SSSR count). The van der Waals surface area contributed by atoms with Crippen molar-refractivity contribution in [3.63, 3.8) is 0 Å². The van der Waals surface area contributed by atoms with E-state index in [1.54, 1.807) is 0 Å². The first-order valence-electron chi connectivity index (χ1n) is 5.81. The van der Waals surface area contributed by atoms with Gasteiger partial charge in [-0.3, -0.25) is 4.79 Å². The van der Waals surface area contributed by atoms with Crippen LogP contribution in [0.1, 0.15) is 40.5 Å². The predicted molar refractivity (Wildman–Crippen MR) is 61.0 cm³/mol. The second-order valence-electron chi connectivity index (χ2n) is 5.62. The Hall–Kier alpha value is -0.670. The van der Waals surface area contributed by atoms with Crippen LogP contribution in [0, 0.1) is 5.92 Å². The van der Waals surface area contributed by atoms with Crippen LogP contribution < -0.4 is 0 Å². The highest BCUT2D eigenvalue weighted by Crippen LogP contribution is 2.45. The van der Waals surface area contributed by atoms with Crippen molar-refractivity contribution in [2.24, 2.45) is 5.92 Å². The van der Waals surface area contributed by atoms with Crippen LogP contribution in [0.15, 0.2) is 12.2 Å². The standard InChI is InChI=1S/C13H20O3/c1-8(2)9-6-10(14)13(5)11(7-9)15-12(3,4)16-13/h9,11H,1,6-7H2,2-5H3/t9-,11+,13-/m0/s1. The summed E-state index contributed by atoms with van der Waals surface area (Å²) in [5.74, 6) is -0.274. The number of Topliss-reactive ketones (excluding diaryl/α,β-unsaturated/α-hetero) is 1. The Balaban J connectivity index is 2.25. The Morgan fingerprint density at radius 3 is 2.62 bits per heavy atom. The van der Waals surface area contributed by atoms with E-state index >= 15 is 0 Å². The average molecular weight is 224 g/mol. The minimum atomic E-state index is -0.755. The highest BCUT2D eigenvalue weighted by atomic mass is 16.8. The molecule has 1 aliphatic carbocycles. The van der Waals surface area contributed by atoms with E-state index in [0.717, 1.165) is 12.0 Å². The Morgan fingerprint density at radius 1 is 1.44 bits per heavy atom. The molecule has 16 heavy (non-hydrogen) atoms. The van der Waals surface area contributed by atoms with Crippen LogP contribution in [0.2, 0.25) is 0 Å². The molecule has 0 unspecified atom stereocenters. The fourth-order valence-electron chi connectivity index (χ4n) is 2.71. The molecule has 0 radical (unpaired) electrons. The third-order valence-corrected chi connectivity index (χ3v) is 3.68. The quantitative estimate of drug-likeness (QED) is 0.642. The monoisotopic (exact) mass is 224 g/mol. The maximum Gasteiger partial charge on any atom is 0.167 e. The molecule has 1 saturated heterocycles. The summed E-state index contributed by atoms with van der Waals surface area (Å²) < 4.78 is 11.6. The molecule has 1 aliphatic heterocycles. The van der Waals surface area contributed by atoms with Gasteiger partial charge < -0.3 is 9.47 Å². The first-order valence-corrected chi connectivity index (χ1v) is 5.81. The van der Waals surface area contributed by atoms with E-state index in [0.29, 0.717) is 6.42 Å². The van der Waals surface area contributed by atoms with E-state index in [9.17, 15) is 4.79 Å². The third kappa shape index (κ3) is 1.72. The predicted octanol–water partition coefficient (Wildman–Crippen LogP) is 2.45. The fraction of sp³-hybridized carbons (Fsp3) is 0.769. The van der Waals surface area contributed by atoms with Crippen molar-refractivity contribution in [2.75, 3.05) is 0 Å².